The van der Waals surface area contributed by atoms with Gasteiger partial charge in [-0.25, -0.2) is 0 Å². The summed E-state index contributed by atoms with van der Waals surface area (Å²) in [6, 6.07) is 12.8. The van der Waals surface area contributed by atoms with Crippen LogP contribution in [-0.2, 0) is 20.7 Å². The van der Waals surface area contributed by atoms with Crippen LogP contribution >= 0.6 is 0 Å². The highest BCUT2D eigenvalue weighted by Crippen LogP contribution is 2.48. The molecule has 2 aliphatic heterocycles. The molecule has 4 atom stereocenters. The summed E-state index contributed by atoms with van der Waals surface area (Å²) < 4.78 is 22.6. The average Bonchev–Trinajstić information content (AvgIpc) is 3.19. The zero-order chi connectivity index (χ0) is 25.4. The Bertz CT molecular complexity index is 1200. The van der Waals surface area contributed by atoms with Gasteiger partial charge in [-0.3, -0.25) is 9.59 Å². The number of carbonyl (C=O) groups excluding carboxylic acids is 2. The van der Waals surface area contributed by atoms with Crippen LogP contribution in [0.4, 0.5) is 0 Å². The molecule has 7 nitrogen and oxygen atoms in total. The van der Waals surface area contributed by atoms with E-state index >= 15 is 0 Å². The number of hydrogen-bond acceptors (Lipinski definition) is 6. The molecule has 36 heavy (non-hydrogen) atoms. The zero-order valence-corrected chi connectivity index (χ0v) is 21.3. The van der Waals surface area contributed by atoms with Crippen molar-refractivity contribution < 1.29 is 28.5 Å². The number of Topliss-reactive ketones (excluding diaryl/α,β-unsaturated/α-hetero) is 1. The lowest BCUT2D eigenvalue weighted by molar-refractivity contribution is -0.136. The minimum absolute atomic E-state index is 0.0580. The van der Waals surface area contributed by atoms with Crippen LogP contribution in [0.1, 0.15) is 43.4 Å². The Kier molecular flexibility index (Phi) is 6.65. The molecule has 0 bridgehead atoms. The highest BCUT2D eigenvalue weighted by Gasteiger charge is 2.52. The van der Waals surface area contributed by atoms with Crippen LogP contribution in [0, 0.1) is 11.8 Å². The first-order valence-electron chi connectivity index (χ1n) is 12.6. The summed E-state index contributed by atoms with van der Waals surface area (Å²) in [6.07, 6.45) is 2.98. The molecule has 0 N–H and O–H groups in total. The van der Waals surface area contributed by atoms with Crippen molar-refractivity contribution in [2.24, 2.45) is 11.8 Å². The van der Waals surface area contributed by atoms with Gasteiger partial charge in [-0.1, -0.05) is 25.1 Å². The molecule has 1 aliphatic carbocycles. The van der Waals surface area contributed by atoms with Gasteiger partial charge in [-0.2, -0.15) is 0 Å². The molecular weight excluding hydrogens is 458 g/mol. The van der Waals surface area contributed by atoms with Crippen molar-refractivity contribution in [3.8, 4) is 17.2 Å². The van der Waals surface area contributed by atoms with Gasteiger partial charge in [0.2, 0.25) is 0 Å². The van der Waals surface area contributed by atoms with Crippen molar-refractivity contribution in [3.05, 3.63) is 64.9 Å². The number of carbonyl (C=O) groups is 2. The lowest BCUT2D eigenvalue weighted by Gasteiger charge is -2.37. The van der Waals surface area contributed by atoms with Crippen molar-refractivity contribution in [1.82, 2.24) is 4.90 Å². The summed E-state index contributed by atoms with van der Waals surface area (Å²) in [5, 5.41) is 0. The SMILES string of the molecule is COc1cccc(C2C3=C(OC4CCC(C)CC4C3=O)C(=O)N2CCc2ccc(OC)c(OC)c2)c1. The quantitative estimate of drug-likeness (QED) is 0.568. The van der Waals surface area contributed by atoms with Crippen molar-refractivity contribution in [2.75, 3.05) is 27.9 Å². The van der Waals surface area contributed by atoms with Gasteiger partial charge in [0.1, 0.15) is 11.9 Å². The van der Waals surface area contributed by atoms with E-state index in [1.165, 1.54) is 0 Å². The predicted molar refractivity (Wildman–Crippen MR) is 134 cm³/mol. The number of ether oxygens (including phenoxy) is 4. The lowest BCUT2D eigenvalue weighted by Crippen LogP contribution is -2.41. The number of amides is 1. The summed E-state index contributed by atoms with van der Waals surface area (Å²) in [7, 11) is 4.82. The Morgan fingerprint density at radius 3 is 2.53 bits per heavy atom. The third-order valence-electron chi connectivity index (χ3n) is 7.70. The second kappa shape index (κ2) is 9.88. The van der Waals surface area contributed by atoms with E-state index < -0.39 is 6.04 Å². The fourth-order valence-electron chi connectivity index (χ4n) is 5.80. The highest BCUT2D eigenvalue weighted by atomic mass is 16.5. The Morgan fingerprint density at radius 1 is 0.972 bits per heavy atom. The third-order valence-corrected chi connectivity index (χ3v) is 7.70. The molecule has 1 fully saturated rings. The topological polar surface area (TPSA) is 74.3 Å². The van der Waals surface area contributed by atoms with Crippen LogP contribution in [-0.4, -0.2) is 50.6 Å². The van der Waals surface area contributed by atoms with Crippen LogP contribution in [0.2, 0.25) is 0 Å². The van der Waals surface area contributed by atoms with E-state index in [1.807, 2.05) is 42.5 Å². The maximum absolute atomic E-state index is 13.9. The minimum Gasteiger partial charge on any atom is -0.497 e. The number of ketones is 1. The van der Waals surface area contributed by atoms with Crippen LogP contribution < -0.4 is 14.2 Å². The van der Waals surface area contributed by atoms with E-state index in [1.54, 1.807) is 26.2 Å². The predicted octanol–water partition coefficient (Wildman–Crippen LogP) is 4.50. The molecule has 0 saturated heterocycles. The van der Waals surface area contributed by atoms with Crippen molar-refractivity contribution >= 4 is 11.7 Å². The van der Waals surface area contributed by atoms with Crippen molar-refractivity contribution in [1.29, 1.82) is 0 Å². The summed E-state index contributed by atoms with van der Waals surface area (Å²) in [6.45, 7) is 2.60. The van der Waals surface area contributed by atoms with E-state index in [0.29, 0.717) is 41.7 Å². The Balaban J connectivity index is 1.49. The Hall–Kier alpha value is -3.48. The molecular formula is C29H33NO6. The lowest BCUT2D eigenvalue weighted by atomic mass is 9.74. The molecule has 5 rings (SSSR count). The zero-order valence-electron chi connectivity index (χ0n) is 21.3. The van der Waals surface area contributed by atoms with E-state index in [-0.39, 0.29) is 29.5 Å². The maximum Gasteiger partial charge on any atom is 0.290 e. The molecule has 0 spiro atoms. The summed E-state index contributed by atoms with van der Waals surface area (Å²) >= 11 is 0. The molecule has 7 heteroatoms. The van der Waals surface area contributed by atoms with Gasteiger partial charge in [0, 0.05) is 6.54 Å². The molecule has 2 aromatic rings. The number of fused-ring (bicyclic) bond motifs is 1. The molecule has 0 radical (unpaired) electrons. The van der Waals surface area contributed by atoms with Crippen molar-refractivity contribution in [2.45, 2.75) is 44.8 Å². The molecule has 1 amide bonds. The summed E-state index contributed by atoms with van der Waals surface area (Å²) in [5.74, 6) is 2.32. The second-order valence-electron chi connectivity index (χ2n) is 9.91. The molecule has 190 valence electrons. The van der Waals surface area contributed by atoms with Crippen LogP contribution in [0.15, 0.2) is 53.8 Å². The number of benzene rings is 2. The Morgan fingerprint density at radius 2 is 1.78 bits per heavy atom. The van der Waals surface area contributed by atoms with Gasteiger partial charge in [0.05, 0.1) is 38.9 Å². The van der Waals surface area contributed by atoms with Gasteiger partial charge >= 0.3 is 0 Å². The van der Waals surface area contributed by atoms with Crippen molar-refractivity contribution in [3.63, 3.8) is 0 Å². The van der Waals surface area contributed by atoms with E-state index in [4.69, 9.17) is 18.9 Å². The molecule has 2 heterocycles. The molecule has 3 aliphatic rings. The molecule has 0 aromatic heterocycles. The molecule has 4 unspecified atom stereocenters. The Labute approximate surface area is 212 Å². The third kappa shape index (κ3) is 4.21. The number of hydrogen-bond donors (Lipinski definition) is 0. The first-order chi connectivity index (χ1) is 17.4. The maximum atomic E-state index is 13.9. The van der Waals surface area contributed by atoms with Gasteiger partial charge < -0.3 is 23.8 Å². The van der Waals surface area contributed by atoms with Crippen LogP contribution in [0.5, 0.6) is 17.2 Å². The monoisotopic (exact) mass is 491 g/mol. The standard InChI is InChI=1S/C29H33NO6/c1-17-8-10-22-21(14-17)27(31)25-26(19-6-5-7-20(16-19)33-2)30(29(32)28(25)36-22)13-12-18-9-11-23(34-3)24(15-18)35-4/h5-7,9,11,15-17,21-22,26H,8,10,12-14H2,1-4H3. The summed E-state index contributed by atoms with van der Waals surface area (Å²) in [4.78, 5) is 29.4. The molecule has 1 saturated carbocycles. The fraction of sp³-hybridized carbons (Fsp3) is 0.448. The normalized spacial score (nSPS) is 25.3. The van der Waals surface area contributed by atoms with Gasteiger partial charge in [0.25, 0.3) is 5.91 Å². The number of rotatable bonds is 7. The van der Waals surface area contributed by atoms with E-state index in [0.717, 1.165) is 30.4 Å². The number of methoxy groups -OCH3 is 3. The second-order valence-corrected chi connectivity index (χ2v) is 9.91. The van der Waals surface area contributed by atoms with Crippen LogP contribution in [0.3, 0.4) is 0 Å². The first-order valence-corrected chi connectivity index (χ1v) is 12.6. The molecule has 2 aromatic carbocycles. The van der Waals surface area contributed by atoms with Gasteiger partial charge in [-0.15, -0.1) is 0 Å². The van der Waals surface area contributed by atoms with Gasteiger partial charge in [0.15, 0.2) is 23.0 Å². The van der Waals surface area contributed by atoms with Crippen LogP contribution in [0.25, 0.3) is 0 Å². The highest BCUT2D eigenvalue weighted by molar-refractivity contribution is 6.11. The number of nitrogens with zero attached hydrogens (tertiary/aromatic N) is 1. The summed E-state index contributed by atoms with van der Waals surface area (Å²) in [5.41, 5.74) is 2.35. The van der Waals surface area contributed by atoms with E-state index in [9.17, 15) is 9.59 Å². The largest absolute Gasteiger partial charge is 0.497 e. The fourth-order valence-corrected chi connectivity index (χ4v) is 5.80. The minimum atomic E-state index is -0.506. The smallest absolute Gasteiger partial charge is 0.290 e. The first kappa shape index (κ1) is 24.2. The van der Waals surface area contributed by atoms with E-state index in [2.05, 4.69) is 6.92 Å². The van der Waals surface area contributed by atoms with Gasteiger partial charge in [-0.05, 0) is 67.0 Å². The average molecular weight is 492 g/mol.